The molecule has 2 aromatic carbocycles. The number of ketones is 1. The first-order valence-corrected chi connectivity index (χ1v) is 9.35. The maximum Gasteiger partial charge on any atom is 0.240 e. The molecule has 0 saturated carbocycles. The lowest BCUT2D eigenvalue weighted by molar-refractivity contribution is -0.118. The highest BCUT2D eigenvalue weighted by Crippen LogP contribution is 2.24. The number of benzene rings is 2. The van der Waals surface area contributed by atoms with Crippen LogP contribution in [0.4, 0.5) is 5.69 Å². The molecule has 0 aromatic heterocycles. The molecule has 1 atom stereocenters. The summed E-state index contributed by atoms with van der Waals surface area (Å²) in [6, 6.07) is 16.8. The smallest absolute Gasteiger partial charge is 0.240 e. The average Bonchev–Trinajstić information content (AvgIpc) is 3.02. The Morgan fingerprint density at radius 2 is 1.85 bits per heavy atom. The minimum absolute atomic E-state index is 0.0611. The van der Waals surface area contributed by atoms with Crippen LogP contribution in [0.15, 0.2) is 64.8 Å². The third-order valence-corrected chi connectivity index (χ3v) is 5.08. The predicted molar refractivity (Wildman–Crippen MR) is 111 cm³/mol. The summed E-state index contributed by atoms with van der Waals surface area (Å²) in [5.74, 6) is -0.275. The van der Waals surface area contributed by atoms with Gasteiger partial charge in [0, 0.05) is 31.8 Å². The van der Waals surface area contributed by atoms with E-state index in [1.54, 1.807) is 18.3 Å². The zero-order chi connectivity index (χ0) is 19.2. The highest BCUT2D eigenvalue weighted by Gasteiger charge is 2.32. The monoisotopic (exact) mass is 380 g/mol. The van der Waals surface area contributed by atoms with E-state index >= 15 is 0 Å². The molecule has 1 fully saturated rings. The first-order valence-electron chi connectivity index (χ1n) is 8.47. The second-order valence-electron chi connectivity index (χ2n) is 6.22. The number of amides is 1. The third kappa shape index (κ3) is 5.04. The van der Waals surface area contributed by atoms with Gasteiger partial charge >= 0.3 is 0 Å². The Kier molecular flexibility index (Phi) is 6.03. The highest BCUT2D eigenvalue weighted by atomic mass is 32.2. The van der Waals surface area contributed by atoms with Crippen LogP contribution >= 0.6 is 11.8 Å². The highest BCUT2D eigenvalue weighted by molar-refractivity contribution is 8.15. The fraction of sp³-hybridized carbons (Fsp3) is 0.200. The number of amidine groups is 1. The molecule has 0 aliphatic carbocycles. The lowest BCUT2D eigenvalue weighted by Crippen LogP contribution is -2.26. The Labute approximate surface area is 162 Å². The Bertz CT molecular complexity index is 877. The molecule has 1 saturated heterocycles. The van der Waals surface area contributed by atoms with Crippen LogP contribution in [-0.2, 0) is 4.79 Å². The van der Waals surface area contributed by atoms with Gasteiger partial charge in [0.05, 0.1) is 11.5 Å². The van der Waals surface area contributed by atoms with Crippen molar-refractivity contribution in [3.05, 3.63) is 65.7 Å². The van der Waals surface area contributed by atoms with E-state index in [0.29, 0.717) is 10.7 Å². The van der Waals surface area contributed by atoms with E-state index in [0.717, 1.165) is 11.3 Å². The van der Waals surface area contributed by atoms with Crippen LogP contribution in [0.2, 0.25) is 0 Å². The van der Waals surface area contributed by atoms with Gasteiger partial charge in [-0.2, -0.15) is 5.10 Å². The van der Waals surface area contributed by atoms with E-state index in [1.807, 2.05) is 61.5 Å². The third-order valence-electron chi connectivity index (χ3n) is 4.01. The molecular weight excluding hydrogens is 360 g/mol. The van der Waals surface area contributed by atoms with Crippen molar-refractivity contribution >= 4 is 40.5 Å². The van der Waals surface area contributed by atoms with Crippen molar-refractivity contribution in [1.82, 2.24) is 5.32 Å². The summed E-state index contributed by atoms with van der Waals surface area (Å²) in [5, 5.41) is 10.7. The van der Waals surface area contributed by atoms with E-state index in [1.165, 1.54) is 11.8 Å². The Morgan fingerprint density at radius 3 is 2.52 bits per heavy atom. The molecule has 3 rings (SSSR count). The molecule has 2 aromatic rings. The number of rotatable bonds is 6. The second-order valence-corrected chi connectivity index (χ2v) is 7.42. The van der Waals surface area contributed by atoms with Gasteiger partial charge in [0.15, 0.2) is 11.0 Å². The number of thioether (sulfide) groups is 1. The molecule has 0 bridgehead atoms. The lowest BCUT2D eigenvalue weighted by atomic mass is 10.1. The van der Waals surface area contributed by atoms with Gasteiger partial charge in [-0.05, 0) is 17.7 Å². The number of hydrogen-bond donors (Lipinski definition) is 1. The van der Waals surface area contributed by atoms with Crippen LogP contribution in [0, 0.1) is 0 Å². The number of carbonyl (C=O) groups excluding carboxylic acids is 2. The molecule has 138 valence electrons. The molecule has 1 N–H and O–H groups in total. The maximum atomic E-state index is 12.3. The van der Waals surface area contributed by atoms with Crippen LogP contribution in [0.1, 0.15) is 22.3 Å². The van der Waals surface area contributed by atoms with Crippen molar-refractivity contribution in [2.45, 2.75) is 11.7 Å². The topological polar surface area (TPSA) is 74.1 Å². The summed E-state index contributed by atoms with van der Waals surface area (Å²) in [5.41, 5.74) is 2.62. The van der Waals surface area contributed by atoms with Gasteiger partial charge in [0.2, 0.25) is 5.91 Å². The molecule has 1 heterocycles. The largest absolute Gasteiger partial charge is 0.378 e. The number of nitrogens with zero attached hydrogens (tertiary/aromatic N) is 3. The molecule has 7 heteroatoms. The SMILES string of the molecule is CN(C)c1ccc(C=N/N=C2\NC(=O)C(CC(=O)c3ccccc3)S2)cc1. The summed E-state index contributed by atoms with van der Waals surface area (Å²) in [6.45, 7) is 0. The van der Waals surface area contributed by atoms with Crippen molar-refractivity contribution in [2.24, 2.45) is 10.2 Å². The van der Waals surface area contributed by atoms with E-state index < -0.39 is 5.25 Å². The van der Waals surface area contributed by atoms with E-state index in [9.17, 15) is 9.59 Å². The van der Waals surface area contributed by atoms with Gasteiger partial charge in [0.1, 0.15) is 0 Å². The maximum absolute atomic E-state index is 12.3. The predicted octanol–water partition coefficient (Wildman–Crippen LogP) is 2.95. The normalized spacial score (nSPS) is 18.1. The van der Waals surface area contributed by atoms with Crippen LogP contribution in [0.5, 0.6) is 0 Å². The number of Topliss-reactive ketones (excluding diaryl/α,β-unsaturated/α-hetero) is 1. The van der Waals surface area contributed by atoms with Crippen LogP contribution < -0.4 is 10.2 Å². The standard InChI is InChI=1S/C20H20N4O2S/c1-24(2)16-10-8-14(9-11-16)13-21-23-20-22-19(26)18(27-20)12-17(25)15-6-4-3-5-7-15/h3-11,13,18H,12H2,1-2H3,(H,22,23,26). The van der Waals surface area contributed by atoms with Crippen LogP contribution in [0.25, 0.3) is 0 Å². The first kappa shape index (κ1) is 18.8. The molecule has 1 unspecified atom stereocenters. The molecular formula is C20H20N4O2S. The second kappa shape index (κ2) is 8.64. The molecule has 27 heavy (non-hydrogen) atoms. The molecule has 6 nitrogen and oxygen atoms in total. The number of carbonyl (C=O) groups is 2. The van der Waals surface area contributed by atoms with E-state index in [4.69, 9.17) is 0 Å². The van der Waals surface area contributed by atoms with Crippen molar-refractivity contribution in [3.8, 4) is 0 Å². The summed E-state index contributed by atoms with van der Waals surface area (Å²) in [4.78, 5) is 26.3. The van der Waals surface area contributed by atoms with Crippen LogP contribution in [0.3, 0.4) is 0 Å². The lowest BCUT2D eigenvalue weighted by Gasteiger charge is -2.11. The number of hydrogen-bond acceptors (Lipinski definition) is 6. The zero-order valence-corrected chi connectivity index (χ0v) is 15.9. The number of nitrogens with one attached hydrogen (secondary N) is 1. The van der Waals surface area contributed by atoms with E-state index in [2.05, 4.69) is 15.5 Å². The van der Waals surface area contributed by atoms with Crippen LogP contribution in [-0.4, -0.2) is 42.4 Å². The van der Waals surface area contributed by atoms with Gasteiger partial charge in [-0.15, -0.1) is 5.10 Å². The summed E-state index contributed by atoms with van der Waals surface area (Å²) in [6.07, 6.45) is 1.76. The van der Waals surface area contributed by atoms with Crippen molar-refractivity contribution in [2.75, 3.05) is 19.0 Å². The summed E-state index contributed by atoms with van der Waals surface area (Å²) >= 11 is 1.23. The first-order chi connectivity index (χ1) is 13.0. The number of anilines is 1. The Hall–Kier alpha value is -2.93. The average molecular weight is 380 g/mol. The molecule has 1 aliphatic heterocycles. The molecule has 0 spiro atoms. The fourth-order valence-electron chi connectivity index (χ4n) is 2.50. The van der Waals surface area contributed by atoms with Crippen molar-refractivity contribution in [3.63, 3.8) is 0 Å². The summed E-state index contributed by atoms with van der Waals surface area (Å²) < 4.78 is 0. The quantitative estimate of drug-likeness (QED) is 0.475. The Balaban J connectivity index is 1.58. The van der Waals surface area contributed by atoms with Gasteiger partial charge in [0.25, 0.3) is 0 Å². The van der Waals surface area contributed by atoms with Gasteiger partial charge in [-0.1, -0.05) is 54.2 Å². The summed E-state index contributed by atoms with van der Waals surface area (Å²) in [7, 11) is 3.96. The zero-order valence-electron chi connectivity index (χ0n) is 15.1. The van der Waals surface area contributed by atoms with Gasteiger partial charge in [-0.25, -0.2) is 0 Å². The fourth-order valence-corrected chi connectivity index (χ4v) is 3.43. The van der Waals surface area contributed by atoms with Gasteiger partial charge in [-0.3, -0.25) is 9.59 Å². The van der Waals surface area contributed by atoms with Crippen molar-refractivity contribution in [1.29, 1.82) is 0 Å². The minimum atomic E-state index is -0.481. The Morgan fingerprint density at radius 1 is 1.15 bits per heavy atom. The molecule has 1 aliphatic rings. The molecule has 1 amide bonds. The minimum Gasteiger partial charge on any atom is -0.378 e. The van der Waals surface area contributed by atoms with Crippen molar-refractivity contribution < 1.29 is 9.59 Å². The molecule has 0 radical (unpaired) electrons. The van der Waals surface area contributed by atoms with Gasteiger partial charge < -0.3 is 10.2 Å². The van der Waals surface area contributed by atoms with E-state index in [-0.39, 0.29) is 18.1 Å².